The number of nitrogens with zero attached hydrogens (tertiary/aromatic N) is 1. The van der Waals surface area contributed by atoms with Gasteiger partial charge in [-0.05, 0) is 38.4 Å². The van der Waals surface area contributed by atoms with Crippen LogP contribution in [0.3, 0.4) is 0 Å². The molecule has 0 spiro atoms. The van der Waals surface area contributed by atoms with Gasteiger partial charge >= 0.3 is 12.0 Å². The van der Waals surface area contributed by atoms with Gasteiger partial charge in [0.15, 0.2) is 0 Å². The second-order valence-corrected chi connectivity index (χ2v) is 6.32. The highest BCUT2D eigenvalue weighted by atomic mass is 16.4. The van der Waals surface area contributed by atoms with Crippen molar-refractivity contribution in [3.8, 4) is 0 Å². The van der Waals surface area contributed by atoms with Crippen molar-refractivity contribution in [1.29, 1.82) is 0 Å². The molecule has 2 amide bonds. The summed E-state index contributed by atoms with van der Waals surface area (Å²) in [5.74, 6) is -0.744. The van der Waals surface area contributed by atoms with E-state index in [9.17, 15) is 9.59 Å². The summed E-state index contributed by atoms with van der Waals surface area (Å²) in [6.07, 6.45) is 4.56. The van der Waals surface area contributed by atoms with Crippen LogP contribution in [0.4, 0.5) is 4.79 Å². The highest BCUT2D eigenvalue weighted by Gasteiger charge is 2.02. The molecule has 0 radical (unpaired) electrons. The van der Waals surface area contributed by atoms with Crippen molar-refractivity contribution in [3.05, 3.63) is 35.9 Å². The largest absolute Gasteiger partial charge is 0.481 e. The maximum atomic E-state index is 11.6. The van der Waals surface area contributed by atoms with E-state index in [1.165, 1.54) is 5.56 Å². The number of benzene rings is 1. The molecule has 0 aromatic heterocycles. The number of amides is 2. The van der Waals surface area contributed by atoms with Gasteiger partial charge in [-0.3, -0.25) is 4.79 Å². The molecule has 0 bridgehead atoms. The number of urea groups is 1. The van der Waals surface area contributed by atoms with Gasteiger partial charge in [-0.15, -0.1) is 0 Å². The molecular formula is C19H31N3O3. The van der Waals surface area contributed by atoms with Crippen molar-refractivity contribution < 1.29 is 14.7 Å². The average Bonchev–Trinajstić information content (AvgIpc) is 2.58. The molecule has 25 heavy (non-hydrogen) atoms. The lowest BCUT2D eigenvalue weighted by Crippen LogP contribution is -2.37. The zero-order valence-corrected chi connectivity index (χ0v) is 15.2. The summed E-state index contributed by atoms with van der Waals surface area (Å²) < 4.78 is 0. The van der Waals surface area contributed by atoms with E-state index in [0.717, 1.165) is 38.8 Å². The Morgan fingerprint density at radius 2 is 1.60 bits per heavy atom. The van der Waals surface area contributed by atoms with Gasteiger partial charge in [-0.1, -0.05) is 43.2 Å². The lowest BCUT2D eigenvalue weighted by Gasteiger charge is -2.16. The minimum absolute atomic E-state index is 0.128. The number of carboxylic acid groups (broad SMARTS) is 1. The van der Waals surface area contributed by atoms with Crippen molar-refractivity contribution >= 4 is 12.0 Å². The Balaban J connectivity index is 1.93. The number of nitrogens with one attached hydrogen (secondary N) is 2. The third-order valence-corrected chi connectivity index (χ3v) is 3.90. The van der Waals surface area contributed by atoms with Gasteiger partial charge in [0.1, 0.15) is 0 Å². The fraction of sp³-hybridized carbons (Fsp3) is 0.579. The summed E-state index contributed by atoms with van der Waals surface area (Å²) in [6, 6.07) is 10.2. The van der Waals surface area contributed by atoms with Crippen molar-refractivity contribution in [2.24, 2.45) is 0 Å². The topological polar surface area (TPSA) is 81.7 Å². The lowest BCUT2D eigenvalue weighted by molar-refractivity contribution is -0.137. The van der Waals surface area contributed by atoms with Gasteiger partial charge < -0.3 is 20.6 Å². The summed E-state index contributed by atoms with van der Waals surface area (Å²) >= 11 is 0. The van der Waals surface area contributed by atoms with Crippen LogP contribution in [0.25, 0.3) is 0 Å². The lowest BCUT2D eigenvalue weighted by atomic mass is 10.1. The summed E-state index contributed by atoms with van der Waals surface area (Å²) in [5, 5.41) is 14.2. The van der Waals surface area contributed by atoms with E-state index in [1.807, 2.05) is 18.2 Å². The van der Waals surface area contributed by atoms with Crippen molar-refractivity contribution in [3.63, 3.8) is 0 Å². The molecule has 6 nitrogen and oxygen atoms in total. The third-order valence-electron chi connectivity index (χ3n) is 3.90. The molecule has 1 aromatic rings. The normalized spacial score (nSPS) is 10.6. The maximum Gasteiger partial charge on any atom is 0.314 e. The van der Waals surface area contributed by atoms with Crippen LogP contribution in [0.1, 0.15) is 44.1 Å². The minimum Gasteiger partial charge on any atom is -0.481 e. The molecule has 6 heteroatoms. The number of carbonyl (C=O) groups is 2. The quantitative estimate of drug-likeness (QED) is 0.478. The van der Waals surface area contributed by atoms with Gasteiger partial charge in [-0.2, -0.15) is 0 Å². The summed E-state index contributed by atoms with van der Waals surface area (Å²) in [6.45, 7) is 3.13. The van der Waals surface area contributed by atoms with Crippen LogP contribution in [-0.4, -0.2) is 48.7 Å². The zero-order valence-electron chi connectivity index (χ0n) is 15.2. The second kappa shape index (κ2) is 13.2. The Hall–Kier alpha value is -2.08. The van der Waals surface area contributed by atoms with Crippen LogP contribution < -0.4 is 10.6 Å². The number of hydrogen-bond acceptors (Lipinski definition) is 3. The van der Waals surface area contributed by atoms with Crippen LogP contribution in [0.2, 0.25) is 0 Å². The third kappa shape index (κ3) is 12.0. The molecule has 1 aromatic carbocycles. The number of unbranched alkanes of at least 4 members (excludes halogenated alkanes) is 3. The fourth-order valence-electron chi connectivity index (χ4n) is 2.54. The molecule has 0 heterocycles. The minimum atomic E-state index is -0.744. The van der Waals surface area contributed by atoms with E-state index in [1.54, 1.807) is 0 Å². The van der Waals surface area contributed by atoms with Gasteiger partial charge in [0.05, 0.1) is 0 Å². The number of rotatable bonds is 13. The average molecular weight is 349 g/mol. The first-order valence-electron chi connectivity index (χ1n) is 9.04. The smallest absolute Gasteiger partial charge is 0.314 e. The van der Waals surface area contributed by atoms with E-state index in [0.29, 0.717) is 19.5 Å². The summed E-state index contributed by atoms with van der Waals surface area (Å²) in [5.41, 5.74) is 1.29. The van der Waals surface area contributed by atoms with Gasteiger partial charge in [0.25, 0.3) is 0 Å². The first-order chi connectivity index (χ1) is 12.1. The molecule has 1 rings (SSSR count). The van der Waals surface area contributed by atoms with Crippen molar-refractivity contribution in [1.82, 2.24) is 15.5 Å². The van der Waals surface area contributed by atoms with E-state index >= 15 is 0 Å². The molecule has 0 saturated carbocycles. The van der Waals surface area contributed by atoms with E-state index < -0.39 is 5.97 Å². The van der Waals surface area contributed by atoms with E-state index in [-0.39, 0.29) is 12.5 Å². The predicted octanol–water partition coefficient (Wildman–Crippen LogP) is 2.84. The number of aliphatic carboxylic acids is 1. The van der Waals surface area contributed by atoms with Crippen LogP contribution in [0.5, 0.6) is 0 Å². The molecule has 0 fully saturated rings. The summed E-state index contributed by atoms with van der Waals surface area (Å²) in [4.78, 5) is 24.3. The van der Waals surface area contributed by atoms with Gasteiger partial charge in [0.2, 0.25) is 0 Å². The fourth-order valence-corrected chi connectivity index (χ4v) is 2.54. The number of carbonyl (C=O) groups excluding carboxylic acids is 1. The Morgan fingerprint density at radius 3 is 2.28 bits per heavy atom. The Labute approximate surface area is 150 Å². The van der Waals surface area contributed by atoms with Gasteiger partial charge in [0, 0.05) is 26.1 Å². The standard InChI is InChI=1S/C19H31N3O3/c1-22(16-17-10-5-4-6-11-17)15-9-14-21-19(25)20-13-8-3-2-7-12-18(23)24/h4-6,10-11H,2-3,7-9,12-16H2,1H3,(H,23,24)(H2,20,21,25). The molecule has 0 saturated heterocycles. The first kappa shape index (κ1) is 21.0. The van der Waals surface area contributed by atoms with Crippen molar-refractivity contribution in [2.75, 3.05) is 26.7 Å². The predicted molar refractivity (Wildman–Crippen MR) is 99.5 cm³/mol. The highest BCUT2D eigenvalue weighted by Crippen LogP contribution is 2.03. The Bertz CT molecular complexity index is 494. The van der Waals surface area contributed by atoms with E-state index in [2.05, 4.69) is 34.7 Å². The summed E-state index contributed by atoms with van der Waals surface area (Å²) in [7, 11) is 2.08. The SMILES string of the molecule is CN(CCCNC(=O)NCCCCCCC(=O)O)Cc1ccccc1. The Morgan fingerprint density at radius 1 is 0.960 bits per heavy atom. The molecule has 0 unspecified atom stereocenters. The number of carboxylic acids is 1. The monoisotopic (exact) mass is 349 g/mol. The van der Waals surface area contributed by atoms with Crippen LogP contribution in [0, 0.1) is 0 Å². The molecule has 140 valence electrons. The Kier molecular flexibility index (Phi) is 11.1. The van der Waals surface area contributed by atoms with Crippen LogP contribution >= 0.6 is 0 Å². The molecule has 0 aliphatic carbocycles. The molecule has 0 aliphatic heterocycles. The molecular weight excluding hydrogens is 318 g/mol. The molecule has 0 atom stereocenters. The van der Waals surface area contributed by atoms with Crippen LogP contribution in [0.15, 0.2) is 30.3 Å². The van der Waals surface area contributed by atoms with Crippen molar-refractivity contribution in [2.45, 2.75) is 45.1 Å². The first-order valence-corrected chi connectivity index (χ1v) is 9.04. The van der Waals surface area contributed by atoms with Gasteiger partial charge in [-0.25, -0.2) is 4.79 Å². The zero-order chi connectivity index (χ0) is 18.3. The molecule has 3 N–H and O–H groups in total. The second-order valence-electron chi connectivity index (χ2n) is 6.32. The molecule has 0 aliphatic rings. The van der Waals surface area contributed by atoms with Crippen LogP contribution in [-0.2, 0) is 11.3 Å². The van der Waals surface area contributed by atoms with E-state index in [4.69, 9.17) is 5.11 Å². The maximum absolute atomic E-state index is 11.6. The number of hydrogen-bond donors (Lipinski definition) is 3. The highest BCUT2D eigenvalue weighted by molar-refractivity contribution is 5.73.